The molecule has 0 aromatic carbocycles. The second-order valence-electron chi connectivity index (χ2n) is 18.5. The molecule has 9 nitrogen and oxygen atoms in total. The van der Waals surface area contributed by atoms with Gasteiger partial charge >= 0.3 is 20.6 Å². The number of halogens is 2. The van der Waals surface area contributed by atoms with Crippen LogP contribution in [0.2, 0.25) is 0 Å². The van der Waals surface area contributed by atoms with Crippen molar-refractivity contribution in [2.24, 2.45) is 0 Å². The van der Waals surface area contributed by atoms with Crippen molar-refractivity contribution in [3.8, 4) is 0 Å². The largest absolute Gasteiger partial charge is 0.443 e. The molecule has 4 N–H and O–H groups in total. The second kappa shape index (κ2) is 42.4. The third-order valence-corrected chi connectivity index (χ3v) is 15.5. The van der Waals surface area contributed by atoms with E-state index in [2.05, 4.69) is 83.1 Å². The third kappa shape index (κ3) is 34.4. The fourth-order valence-electron chi connectivity index (χ4n) is 8.10. The number of alkyl halides is 2. The van der Waals surface area contributed by atoms with Crippen molar-refractivity contribution >= 4 is 15.2 Å². The minimum Gasteiger partial charge on any atom is -0.324 e. The van der Waals surface area contributed by atoms with Crippen molar-refractivity contribution in [2.75, 3.05) is 78.5 Å². The molecule has 0 aliphatic rings. The van der Waals surface area contributed by atoms with Gasteiger partial charge in [-0.1, -0.05) is 160 Å². The van der Waals surface area contributed by atoms with Crippen LogP contribution < -0.4 is 0 Å². The maximum absolute atomic E-state index is 11.9. The molecule has 0 aliphatic carbocycles. The fourth-order valence-corrected chi connectivity index (χ4v) is 9.46. The Bertz CT molecular complexity index is 825. The molecule has 0 atom stereocenters. The molecule has 0 aliphatic heterocycles. The summed E-state index contributed by atoms with van der Waals surface area (Å²) in [6, 6.07) is 0. The van der Waals surface area contributed by atoms with Gasteiger partial charge in [0.05, 0.1) is 78.5 Å². The van der Waals surface area contributed by atoms with Crippen LogP contribution in [0, 0.1) is 0 Å². The summed E-state index contributed by atoms with van der Waals surface area (Å²) >= 11 is 0. The molecule has 0 unspecified atom stereocenters. The SMILES string of the molecule is CCCC[N+](CCCC)(CCCC)CCCC.CCCC[N+](CCCC)(CCCC)CCCC.CCCC[N+](CCCC)(CCCC)CCCC.O=P(O)(O)C(F)(F)P(=O)(O)O. The second-order valence-corrected chi connectivity index (χ2v) is 22.2. The van der Waals surface area contributed by atoms with E-state index in [1.54, 1.807) is 0 Å². The van der Waals surface area contributed by atoms with E-state index in [9.17, 15) is 17.9 Å². The Morgan fingerprint density at radius 1 is 0.290 bits per heavy atom. The lowest BCUT2D eigenvalue weighted by Crippen LogP contribution is -2.50. The molecule has 13 heteroatoms. The predicted molar refractivity (Wildman–Crippen MR) is 267 cm³/mol. The molecule has 62 heavy (non-hydrogen) atoms. The number of quaternary nitrogens is 3. The first-order chi connectivity index (χ1) is 29.2. The molecule has 0 radical (unpaired) electrons. The maximum atomic E-state index is 11.9. The summed E-state index contributed by atoms with van der Waals surface area (Å²) in [5.74, 6) is 0. The fraction of sp³-hybridized carbons (Fsp3) is 1.00. The summed E-state index contributed by atoms with van der Waals surface area (Å²) in [4.78, 5) is 31.0. The lowest BCUT2D eigenvalue weighted by Gasteiger charge is -2.39. The van der Waals surface area contributed by atoms with E-state index in [0.29, 0.717) is 0 Å². The maximum Gasteiger partial charge on any atom is 0.443 e. The average molecular weight is 939 g/mol. The Morgan fingerprint density at radius 2 is 0.387 bits per heavy atom. The van der Waals surface area contributed by atoms with Gasteiger partial charge in [0, 0.05) is 0 Å². The lowest BCUT2D eigenvalue weighted by atomic mass is 10.1. The van der Waals surface area contributed by atoms with Crippen molar-refractivity contribution in [2.45, 2.75) is 243 Å². The number of hydrogen-bond donors (Lipinski definition) is 4. The molecule has 0 saturated carbocycles. The summed E-state index contributed by atoms with van der Waals surface area (Å²) in [5.41, 5.74) is 0. The Labute approximate surface area is 386 Å². The Balaban J connectivity index is -0.000000366. The number of rotatable bonds is 38. The van der Waals surface area contributed by atoms with Crippen LogP contribution in [-0.4, -0.2) is 117 Å². The molecule has 0 saturated heterocycles. The zero-order valence-corrected chi connectivity index (χ0v) is 45.3. The highest BCUT2D eigenvalue weighted by molar-refractivity contribution is 7.71. The Morgan fingerprint density at radius 3 is 0.435 bits per heavy atom. The standard InChI is InChI=1S/3C16H36N.CH4F2O6P2/c3*1-5-9-13-17(14-10-6-2,15-11-7-3)16-12-8-4;2-1(3,10(4,5)6)11(7,8)9/h3*5-16H2,1-4H3;(H2,4,5,6)(H2,7,8,9)/q3*+1;. The molecule has 0 aromatic heterocycles. The molecule has 0 rings (SSSR count). The van der Waals surface area contributed by atoms with E-state index in [1.165, 1.54) is 246 Å². The average Bonchev–Trinajstić information content (AvgIpc) is 3.24. The summed E-state index contributed by atoms with van der Waals surface area (Å²) in [7, 11) is -12.2. The lowest BCUT2D eigenvalue weighted by molar-refractivity contribution is -0.929. The molecule has 0 spiro atoms. The molecule has 0 amide bonds. The normalized spacial score (nSPS) is 12.5. The highest BCUT2D eigenvalue weighted by Gasteiger charge is 2.63. The van der Waals surface area contributed by atoms with E-state index in [1.807, 2.05) is 0 Å². The van der Waals surface area contributed by atoms with Crippen LogP contribution >= 0.6 is 15.2 Å². The summed E-state index contributed by atoms with van der Waals surface area (Å²) in [6.45, 7) is 45.1. The summed E-state index contributed by atoms with van der Waals surface area (Å²) < 4.78 is 47.6. The summed E-state index contributed by atoms with van der Waals surface area (Å²) in [5, 5.41) is -5.29. The Kier molecular flexibility index (Phi) is 46.9. The molecular weight excluding hydrogens is 826 g/mol. The van der Waals surface area contributed by atoms with Gasteiger partial charge in [0.1, 0.15) is 0 Å². The highest BCUT2D eigenvalue weighted by atomic mass is 31.2. The minimum atomic E-state index is -6.09. The first kappa shape index (κ1) is 68.6. The predicted octanol–water partition coefficient (Wildman–Crippen LogP) is 14.9. The molecule has 0 bridgehead atoms. The minimum absolute atomic E-state index is 1.35. The van der Waals surface area contributed by atoms with Crippen LogP contribution in [0.1, 0.15) is 237 Å². The smallest absolute Gasteiger partial charge is 0.324 e. The van der Waals surface area contributed by atoms with E-state index in [4.69, 9.17) is 19.6 Å². The highest BCUT2D eigenvalue weighted by Crippen LogP contribution is 2.70. The van der Waals surface area contributed by atoms with E-state index < -0.39 is 20.6 Å². The summed E-state index contributed by atoms with van der Waals surface area (Å²) in [6.07, 6.45) is 33.2. The number of hydrogen-bond acceptors (Lipinski definition) is 2. The Hall–Kier alpha value is 0.0400. The first-order valence-electron chi connectivity index (χ1n) is 26.3. The quantitative estimate of drug-likeness (QED) is 0.0362. The number of unbranched alkanes of at least 4 members (excludes halogenated alkanes) is 12. The molecule has 0 aromatic rings. The van der Waals surface area contributed by atoms with Crippen molar-refractivity contribution in [1.29, 1.82) is 0 Å². The molecule has 0 fully saturated rings. The third-order valence-electron chi connectivity index (χ3n) is 12.5. The van der Waals surface area contributed by atoms with Gasteiger partial charge in [0.25, 0.3) is 0 Å². The van der Waals surface area contributed by atoms with Crippen LogP contribution in [0.15, 0.2) is 0 Å². The van der Waals surface area contributed by atoms with Gasteiger partial charge in [0.15, 0.2) is 0 Å². The van der Waals surface area contributed by atoms with Gasteiger partial charge in [-0.15, -0.1) is 0 Å². The van der Waals surface area contributed by atoms with Crippen molar-refractivity contribution < 1.29 is 50.9 Å². The van der Waals surface area contributed by atoms with Gasteiger partial charge in [-0.25, -0.2) is 0 Å². The van der Waals surface area contributed by atoms with Gasteiger partial charge in [-0.3, -0.25) is 9.13 Å². The van der Waals surface area contributed by atoms with Crippen LogP contribution in [0.4, 0.5) is 8.78 Å². The van der Waals surface area contributed by atoms with Crippen molar-refractivity contribution in [3.63, 3.8) is 0 Å². The van der Waals surface area contributed by atoms with Gasteiger partial charge in [-0.05, 0) is 77.0 Å². The van der Waals surface area contributed by atoms with Crippen molar-refractivity contribution in [3.05, 3.63) is 0 Å². The topological polar surface area (TPSA) is 115 Å². The zero-order chi connectivity index (χ0) is 48.5. The van der Waals surface area contributed by atoms with E-state index >= 15 is 0 Å². The molecular formula is C49H112F2N3O6P2+3. The monoisotopic (exact) mass is 939 g/mol. The van der Waals surface area contributed by atoms with Crippen molar-refractivity contribution in [1.82, 2.24) is 0 Å². The van der Waals surface area contributed by atoms with Gasteiger partial charge in [0.2, 0.25) is 0 Å². The van der Waals surface area contributed by atoms with Gasteiger partial charge in [-0.2, -0.15) is 8.78 Å². The number of nitrogens with zero attached hydrogens (tertiary/aromatic N) is 3. The van der Waals surface area contributed by atoms with Crippen LogP contribution in [-0.2, 0) is 9.13 Å². The van der Waals surface area contributed by atoms with E-state index in [0.717, 1.165) is 0 Å². The zero-order valence-electron chi connectivity index (χ0n) is 43.6. The van der Waals surface area contributed by atoms with Gasteiger partial charge < -0.3 is 33.0 Å². The van der Waals surface area contributed by atoms with Crippen LogP contribution in [0.5, 0.6) is 0 Å². The van der Waals surface area contributed by atoms with E-state index in [-0.39, 0.29) is 0 Å². The molecule has 380 valence electrons. The first-order valence-corrected chi connectivity index (χ1v) is 29.5. The van der Waals surface area contributed by atoms with Crippen LogP contribution in [0.3, 0.4) is 0 Å². The van der Waals surface area contributed by atoms with Crippen LogP contribution in [0.25, 0.3) is 0 Å². The molecule has 0 heterocycles.